The van der Waals surface area contributed by atoms with Gasteiger partial charge in [-0.15, -0.1) is 0 Å². The quantitative estimate of drug-likeness (QED) is 0.239. The van der Waals surface area contributed by atoms with Crippen LogP contribution >= 0.6 is 15.9 Å². The molecule has 1 saturated heterocycles. The first-order chi connectivity index (χ1) is 13.7. The molecule has 0 amide bonds. The van der Waals surface area contributed by atoms with Crippen molar-refractivity contribution in [1.82, 2.24) is 0 Å². The van der Waals surface area contributed by atoms with Gasteiger partial charge in [-0.1, -0.05) is 36.2 Å². The van der Waals surface area contributed by atoms with Gasteiger partial charge < -0.3 is 23.7 Å². The SMILES string of the molecule is CCCOCCOCCOCCCCC1CCC2(OC)OC(C(Br)CC)CC12. The lowest BCUT2D eigenvalue weighted by atomic mass is 9.86. The Bertz CT molecular complexity index is 410. The minimum atomic E-state index is -0.328. The molecule has 2 fully saturated rings. The highest BCUT2D eigenvalue weighted by Crippen LogP contribution is 2.54. The van der Waals surface area contributed by atoms with Crippen LogP contribution in [0.4, 0.5) is 0 Å². The Hall–Kier alpha value is 0.280. The third-order valence-corrected chi connectivity index (χ3v) is 7.42. The number of methoxy groups -OCH3 is 1. The maximum atomic E-state index is 6.40. The first-order valence-electron chi connectivity index (χ1n) is 11.3. The molecule has 5 nitrogen and oxygen atoms in total. The van der Waals surface area contributed by atoms with Gasteiger partial charge in [0.25, 0.3) is 0 Å². The average molecular weight is 465 g/mol. The van der Waals surface area contributed by atoms with E-state index in [1.54, 1.807) is 0 Å². The number of halogens is 1. The van der Waals surface area contributed by atoms with E-state index >= 15 is 0 Å². The monoisotopic (exact) mass is 464 g/mol. The van der Waals surface area contributed by atoms with Gasteiger partial charge in [-0.05, 0) is 44.4 Å². The van der Waals surface area contributed by atoms with Crippen LogP contribution in [0, 0.1) is 11.8 Å². The number of hydrogen-bond acceptors (Lipinski definition) is 5. The van der Waals surface area contributed by atoms with Gasteiger partial charge in [0.05, 0.1) is 32.5 Å². The van der Waals surface area contributed by atoms with Gasteiger partial charge in [0.15, 0.2) is 5.79 Å². The summed E-state index contributed by atoms with van der Waals surface area (Å²) in [6.45, 7) is 8.61. The summed E-state index contributed by atoms with van der Waals surface area (Å²) >= 11 is 3.79. The number of unbranched alkanes of at least 4 members (excludes halogenated alkanes) is 1. The maximum absolute atomic E-state index is 6.40. The molecule has 0 aromatic carbocycles. The van der Waals surface area contributed by atoms with Gasteiger partial charge in [-0.25, -0.2) is 0 Å². The Labute approximate surface area is 180 Å². The van der Waals surface area contributed by atoms with Crippen LogP contribution < -0.4 is 0 Å². The topological polar surface area (TPSA) is 46.2 Å². The molecule has 0 radical (unpaired) electrons. The molecule has 2 rings (SSSR count). The molecule has 1 saturated carbocycles. The highest BCUT2D eigenvalue weighted by atomic mass is 79.9. The van der Waals surface area contributed by atoms with Gasteiger partial charge in [0, 0.05) is 37.5 Å². The van der Waals surface area contributed by atoms with Crippen LogP contribution in [0.2, 0.25) is 0 Å². The highest BCUT2D eigenvalue weighted by Gasteiger charge is 2.56. The zero-order valence-corrected chi connectivity index (χ0v) is 19.7. The molecule has 0 spiro atoms. The van der Waals surface area contributed by atoms with Crippen LogP contribution in [0.1, 0.15) is 65.2 Å². The highest BCUT2D eigenvalue weighted by molar-refractivity contribution is 9.09. The molecule has 28 heavy (non-hydrogen) atoms. The maximum Gasteiger partial charge on any atom is 0.171 e. The van der Waals surface area contributed by atoms with E-state index in [9.17, 15) is 0 Å². The van der Waals surface area contributed by atoms with Crippen LogP contribution in [0.5, 0.6) is 0 Å². The Morgan fingerprint density at radius 3 is 2.32 bits per heavy atom. The summed E-state index contributed by atoms with van der Waals surface area (Å²) in [6.07, 6.45) is 9.39. The fourth-order valence-corrected chi connectivity index (χ4v) is 4.96. The van der Waals surface area contributed by atoms with Crippen LogP contribution in [-0.4, -0.2) is 63.5 Å². The second-order valence-corrected chi connectivity index (χ2v) is 9.25. The number of hydrogen-bond donors (Lipinski definition) is 0. The summed E-state index contributed by atoms with van der Waals surface area (Å²) < 4.78 is 28.9. The summed E-state index contributed by atoms with van der Waals surface area (Å²) in [6, 6.07) is 0. The summed E-state index contributed by atoms with van der Waals surface area (Å²) in [7, 11) is 1.82. The molecule has 6 heteroatoms. The van der Waals surface area contributed by atoms with Crippen molar-refractivity contribution in [1.29, 1.82) is 0 Å². The lowest BCUT2D eigenvalue weighted by Crippen LogP contribution is -2.35. The summed E-state index contributed by atoms with van der Waals surface area (Å²) in [4.78, 5) is 0.430. The summed E-state index contributed by atoms with van der Waals surface area (Å²) in [5, 5.41) is 0. The van der Waals surface area contributed by atoms with E-state index in [-0.39, 0.29) is 11.9 Å². The second kappa shape index (κ2) is 13.6. The Morgan fingerprint density at radius 1 is 1.00 bits per heavy atom. The smallest absolute Gasteiger partial charge is 0.171 e. The molecule has 0 aromatic heterocycles. The predicted molar refractivity (Wildman–Crippen MR) is 115 cm³/mol. The fourth-order valence-electron chi connectivity index (χ4n) is 4.63. The molecule has 166 valence electrons. The zero-order chi connectivity index (χ0) is 20.2. The van der Waals surface area contributed by atoms with Crippen LogP contribution in [0.25, 0.3) is 0 Å². The van der Waals surface area contributed by atoms with Crippen molar-refractivity contribution in [3.8, 4) is 0 Å². The van der Waals surface area contributed by atoms with Crippen LogP contribution in [0.15, 0.2) is 0 Å². The first kappa shape index (κ1) is 24.5. The molecule has 0 bridgehead atoms. The molecular formula is C22H41BrO5. The minimum Gasteiger partial charge on any atom is -0.379 e. The molecule has 5 unspecified atom stereocenters. The van der Waals surface area contributed by atoms with E-state index in [4.69, 9.17) is 23.7 Å². The molecule has 1 aliphatic carbocycles. The van der Waals surface area contributed by atoms with Gasteiger partial charge >= 0.3 is 0 Å². The first-order valence-corrected chi connectivity index (χ1v) is 12.2. The second-order valence-electron chi connectivity index (χ2n) is 8.07. The van der Waals surface area contributed by atoms with E-state index < -0.39 is 0 Å². The number of ether oxygens (including phenoxy) is 5. The minimum absolute atomic E-state index is 0.286. The van der Waals surface area contributed by atoms with Crippen molar-refractivity contribution in [2.75, 3.05) is 46.8 Å². The summed E-state index contributed by atoms with van der Waals surface area (Å²) in [5.74, 6) is 0.928. The van der Waals surface area contributed by atoms with Crippen molar-refractivity contribution in [3.05, 3.63) is 0 Å². The van der Waals surface area contributed by atoms with Crippen LogP contribution in [-0.2, 0) is 23.7 Å². The predicted octanol–water partition coefficient (Wildman–Crippen LogP) is 4.95. The molecule has 1 heterocycles. The average Bonchev–Trinajstić information content (AvgIpc) is 3.25. The van der Waals surface area contributed by atoms with Crippen LogP contribution in [0.3, 0.4) is 0 Å². The van der Waals surface area contributed by atoms with Gasteiger partial charge in [0.1, 0.15) is 0 Å². The van der Waals surface area contributed by atoms with Crippen molar-refractivity contribution in [2.45, 2.75) is 81.9 Å². The van der Waals surface area contributed by atoms with Gasteiger partial charge in [-0.3, -0.25) is 0 Å². The largest absolute Gasteiger partial charge is 0.379 e. The van der Waals surface area contributed by atoms with Crippen molar-refractivity contribution in [3.63, 3.8) is 0 Å². The van der Waals surface area contributed by atoms with Crippen molar-refractivity contribution >= 4 is 15.9 Å². The lowest BCUT2D eigenvalue weighted by molar-refractivity contribution is -0.223. The number of alkyl halides is 1. The number of fused-ring (bicyclic) bond motifs is 1. The molecular weight excluding hydrogens is 424 g/mol. The zero-order valence-electron chi connectivity index (χ0n) is 18.1. The molecule has 1 aliphatic heterocycles. The Morgan fingerprint density at radius 2 is 1.68 bits per heavy atom. The Balaban J connectivity index is 1.53. The van der Waals surface area contributed by atoms with E-state index in [1.165, 1.54) is 19.3 Å². The van der Waals surface area contributed by atoms with Gasteiger partial charge in [0.2, 0.25) is 0 Å². The normalized spacial score (nSPS) is 30.6. The molecule has 0 N–H and O–H groups in total. The van der Waals surface area contributed by atoms with E-state index in [1.807, 2.05) is 7.11 Å². The molecule has 0 aromatic rings. The van der Waals surface area contributed by atoms with E-state index in [0.717, 1.165) is 45.3 Å². The fraction of sp³-hybridized carbons (Fsp3) is 1.00. The summed E-state index contributed by atoms with van der Waals surface area (Å²) in [5.41, 5.74) is 0. The van der Waals surface area contributed by atoms with Gasteiger partial charge in [-0.2, -0.15) is 0 Å². The number of rotatable bonds is 16. The standard InChI is InChI=1S/C22H41BrO5/c1-4-11-25-13-15-27-16-14-26-12-7-6-8-18-9-10-22(24-3)19(18)17-21(28-22)20(23)5-2/h18-21H,4-17H2,1-3H3. The third kappa shape index (κ3) is 7.21. The Kier molecular flexibility index (Phi) is 11.9. The third-order valence-electron chi connectivity index (χ3n) is 6.18. The van der Waals surface area contributed by atoms with Crippen molar-refractivity contribution < 1.29 is 23.7 Å². The van der Waals surface area contributed by atoms with Crippen molar-refractivity contribution in [2.24, 2.45) is 11.8 Å². The van der Waals surface area contributed by atoms with E-state index in [2.05, 4.69) is 29.8 Å². The lowest BCUT2D eigenvalue weighted by Gasteiger charge is -2.29. The molecule has 2 aliphatic rings. The molecule has 5 atom stereocenters. The van der Waals surface area contributed by atoms with E-state index in [0.29, 0.717) is 43.1 Å².